The Morgan fingerprint density at radius 1 is 1.38 bits per heavy atom. The number of hydrogen-bond donors (Lipinski definition) is 1. The summed E-state index contributed by atoms with van der Waals surface area (Å²) in [6.45, 7) is 3.36. The van der Waals surface area contributed by atoms with Crippen molar-refractivity contribution in [1.29, 1.82) is 0 Å². The fourth-order valence-electron chi connectivity index (χ4n) is 2.62. The number of carbonyl (C=O) groups excluding carboxylic acids is 1. The van der Waals surface area contributed by atoms with Crippen LogP contribution in [0.3, 0.4) is 0 Å². The standard InChI is InChI=1S/C16H16N2O6/c1-3-24-16(21)14-9(2)17-11-5-4-6-12(18(22)23)15(11)10(14)7-8-13(19)20/h4-6H,3,7-8H2,1-2H3,(H,19,20). The molecule has 2 rings (SSSR count). The number of pyridine rings is 1. The zero-order chi connectivity index (χ0) is 17.9. The summed E-state index contributed by atoms with van der Waals surface area (Å²) in [7, 11) is 0. The number of nitrogens with zero attached hydrogens (tertiary/aromatic N) is 2. The molecule has 0 atom stereocenters. The fourth-order valence-corrected chi connectivity index (χ4v) is 2.62. The number of esters is 1. The molecule has 1 aromatic heterocycles. The summed E-state index contributed by atoms with van der Waals surface area (Å²) in [5.74, 6) is -1.73. The number of aliphatic carboxylic acids is 1. The van der Waals surface area contributed by atoms with Crippen LogP contribution in [0, 0.1) is 17.0 Å². The Labute approximate surface area is 137 Å². The van der Waals surface area contributed by atoms with Crippen LogP contribution in [0.25, 0.3) is 10.9 Å². The number of benzene rings is 1. The molecule has 0 fully saturated rings. The first-order valence-electron chi connectivity index (χ1n) is 7.32. The summed E-state index contributed by atoms with van der Waals surface area (Å²) in [4.78, 5) is 38.3. The van der Waals surface area contributed by atoms with Gasteiger partial charge in [-0.1, -0.05) is 6.07 Å². The normalized spacial score (nSPS) is 10.6. The molecule has 0 aliphatic heterocycles. The van der Waals surface area contributed by atoms with Crippen molar-refractivity contribution in [2.75, 3.05) is 6.61 Å². The first kappa shape index (κ1) is 17.3. The molecule has 0 radical (unpaired) electrons. The minimum atomic E-state index is -1.06. The maximum Gasteiger partial charge on any atom is 0.340 e. The SMILES string of the molecule is CCOC(=O)c1c(C)nc2cccc([N+](=O)[O-])c2c1CCC(=O)O. The molecule has 0 saturated carbocycles. The van der Waals surface area contributed by atoms with E-state index >= 15 is 0 Å². The molecule has 24 heavy (non-hydrogen) atoms. The van der Waals surface area contributed by atoms with E-state index < -0.39 is 16.9 Å². The van der Waals surface area contributed by atoms with Crippen molar-refractivity contribution in [3.63, 3.8) is 0 Å². The molecule has 0 aliphatic carbocycles. The number of carboxylic acids is 1. The molecule has 0 spiro atoms. The Bertz CT molecular complexity index is 831. The zero-order valence-electron chi connectivity index (χ0n) is 13.2. The Morgan fingerprint density at radius 2 is 2.08 bits per heavy atom. The quantitative estimate of drug-likeness (QED) is 0.490. The van der Waals surface area contributed by atoms with E-state index in [0.717, 1.165) is 0 Å². The molecule has 1 aromatic carbocycles. The van der Waals surface area contributed by atoms with E-state index in [1.807, 2.05) is 0 Å². The predicted octanol–water partition coefficient (Wildman–Crippen LogP) is 2.65. The molecule has 0 amide bonds. The summed E-state index contributed by atoms with van der Waals surface area (Å²) in [5.41, 5.74) is 0.855. The van der Waals surface area contributed by atoms with Gasteiger partial charge in [-0.2, -0.15) is 0 Å². The van der Waals surface area contributed by atoms with Crippen LogP contribution in [0.15, 0.2) is 18.2 Å². The zero-order valence-corrected chi connectivity index (χ0v) is 13.2. The Morgan fingerprint density at radius 3 is 2.67 bits per heavy atom. The number of aromatic nitrogens is 1. The summed E-state index contributed by atoms with van der Waals surface area (Å²) < 4.78 is 5.01. The van der Waals surface area contributed by atoms with Gasteiger partial charge in [0, 0.05) is 12.5 Å². The van der Waals surface area contributed by atoms with Crippen molar-refractivity contribution in [2.24, 2.45) is 0 Å². The maximum atomic E-state index is 12.3. The summed E-state index contributed by atoms with van der Waals surface area (Å²) >= 11 is 0. The molecule has 0 saturated heterocycles. The van der Waals surface area contributed by atoms with Crippen LogP contribution in [-0.2, 0) is 16.0 Å². The maximum absolute atomic E-state index is 12.3. The van der Waals surface area contributed by atoms with Crippen molar-refractivity contribution in [1.82, 2.24) is 4.98 Å². The van der Waals surface area contributed by atoms with Gasteiger partial charge in [-0.25, -0.2) is 4.79 Å². The number of carboxylic acid groups (broad SMARTS) is 1. The lowest BCUT2D eigenvalue weighted by Crippen LogP contribution is -2.14. The second-order valence-corrected chi connectivity index (χ2v) is 5.09. The molecule has 8 nitrogen and oxygen atoms in total. The van der Waals surface area contributed by atoms with E-state index in [1.165, 1.54) is 12.1 Å². The van der Waals surface area contributed by atoms with Crippen molar-refractivity contribution in [3.05, 3.63) is 45.1 Å². The van der Waals surface area contributed by atoms with Crippen molar-refractivity contribution in [2.45, 2.75) is 26.7 Å². The highest BCUT2D eigenvalue weighted by atomic mass is 16.6. The first-order chi connectivity index (χ1) is 11.4. The summed E-state index contributed by atoms with van der Waals surface area (Å²) in [6, 6.07) is 4.39. The Hall–Kier alpha value is -3.03. The molecule has 1 heterocycles. The van der Waals surface area contributed by atoms with Gasteiger partial charge in [-0.05, 0) is 31.9 Å². The number of carbonyl (C=O) groups is 2. The van der Waals surface area contributed by atoms with E-state index in [0.29, 0.717) is 11.2 Å². The average molecular weight is 332 g/mol. The lowest BCUT2D eigenvalue weighted by atomic mass is 9.95. The van der Waals surface area contributed by atoms with Crippen LogP contribution >= 0.6 is 0 Å². The van der Waals surface area contributed by atoms with Gasteiger partial charge in [0.15, 0.2) is 0 Å². The highest BCUT2D eigenvalue weighted by molar-refractivity contribution is 6.01. The van der Waals surface area contributed by atoms with E-state index in [4.69, 9.17) is 9.84 Å². The van der Waals surface area contributed by atoms with Gasteiger partial charge < -0.3 is 9.84 Å². The summed E-state index contributed by atoms with van der Waals surface area (Å²) in [5, 5.41) is 20.5. The number of ether oxygens (including phenoxy) is 1. The molecule has 0 aliphatic rings. The smallest absolute Gasteiger partial charge is 0.340 e. The van der Waals surface area contributed by atoms with Gasteiger partial charge in [-0.3, -0.25) is 19.9 Å². The van der Waals surface area contributed by atoms with Crippen LogP contribution < -0.4 is 0 Å². The molecular formula is C16H16N2O6. The van der Waals surface area contributed by atoms with E-state index in [1.54, 1.807) is 19.9 Å². The Balaban J connectivity index is 2.83. The van der Waals surface area contributed by atoms with Crippen LogP contribution in [-0.4, -0.2) is 33.6 Å². The van der Waals surface area contributed by atoms with Gasteiger partial charge in [0.2, 0.25) is 0 Å². The third-order valence-corrected chi connectivity index (χ3v) is 3.54. The van der Waals surface area contributed by atoms with Crippen molar-refractivity contribution in [3.8, 4) is 0 Å². The third kappa shape index (κ3) is 3.32. The molecule has 2 aromatic rings. The number of nitro benzene ring substituents is 1. The predicted molar refractivity (Wildman–Crippen MR) is 85.0 cm³/mol. The van der Waals surface area contributed by atoms with E-state index in [9.17, 15) is 19.7 Å². The van der Waals surface area contributed by atoms with Crippen LogP contribution in [0.1, 0.15) is 35.0 Å². The first-order valence-corrected chi connectivity index (χ1v) is 7.32. The minimum Gasteiger partial charge on any atom is -0.481 e. The van der Waals surface area contributed by atoms with Crippen molar-refractivity contribution < 1.29 is 24.4 Å². The molecule has 1 N–H and O–H groups in total. The van der Waals surface area contributed by atoms with Gasteiger partial charge in [0.1, 0.15) is 0 Å². The van der Waals surface area contributed by atoms with E-state index in [2.05, 4.69) is 4.98 Å². The fraction of sp³-hybridized carbons (Fsp3) is 0.312. The van der Waals surface area contributed by atoms with Crippen LogP contribution in [0.5, 0.6) is 0 Å². The number of rotatable bonds is 6. The number of hydrogen-bond acceptors (Lipinski definition) is 6. The third-order valence-electron chi connectivity index (χ3n) is 3.54. The second-order valence-electron chi connectivity index (χ2n) is 5.09. The van der Waals surface area contributed by atoms with Gasteiger partial charge in [-0.15, -0.1) is 0 Å². The number of nitro groups is 1. The number of non-ortho nitro benzene ring substituents is 1. The lowest BCUT2D eigenvalue weighted by Gasteiger charge is -2.14. The molecule has 0 bridgehead atoms. The van der Waals surface area contributed by atoms with Gasteiger partial charge in [0.05, 0.1) is 33.7 Å². The largest absolute Gasteiger partial charge is 0.481 e. The minimum absolute atomic E-state index is 0.0335. The highest BCUT2D eigenvalue weighted by Gasteiger charge is 2.25. The highest BCUT2D eigenvalue weighted by Crippen LogP contribution is 2.32. The molecule has 0 unspecified atom stereocenters. The number of fused-ring (bicyclic) bond motifs is 1. The lowest BCUT2D eigenvalue weighted by molar-refractivity contribution is -0.383. The Kier molecular flexibility index (Phi) is 5.08. The van der Waals surface area contributed by atoms with E-state index in [-0.39, 0.29) is 41.6 Å². The molecular weight excluding hydrogens is 316 g/mol. The van der Waals surface area contributed by atoms with Crippen LogP contribution in [0.2, 0.25) is 0 Å². The summed E-state index contributed by atoms with van der Waals surface area (Å²) in [6.07, 6.45) is -0.300. The number of aryl methyl sites for hydroxylation is 2. The topological polar surface area (TPSA) is 120 Å². The van der Waals surface area contributed by atoms with Crippen LogP contribution in [0.4, 0.5) is 5.69 Å². The van der Waals surface area contributed by atoms with Gasteiger partial charge in [0.25, 0.3) is 5.69 Å². The second kappa shape index (κ2) is 7.03. The molecule has 8 heteroatoms. The average Bonchev–Trinajstić information content (AvgIpc) is 2.51. The monoisotopic (exact) mass is 332 g/mol. The van der Waals surface area contributed by atoms with Gasteiger partial charge >= 0.3 is 11.9 Å². The van der Waals surface area contributed by atoms with Crippen molar-refractivity contribution >= 4 is 28.5 Å². The molecule has 126 valence electrons.